The van der Waals surface area contributed by atoms with E-state index >= 15 is 0 Å². The molecule has 0 spiro atoms. The van der Waals surface area contributed by atoms with E-state index in [1.54, 1.807) is 25.0 Å². The third kappa shape index (κ3) is 6.30. The van der Waals surface area contributed by atoms with Crippen molar-refractivity contribution < 1.29 is 4.79 Å². The predicted molar refractivity (Wildman–Crippen MR) is 115 cm³/mol. The van der Waals surface area contributed by atoms with Crippen molar-refractivity contribution in [3.63, 3.8) is 0 Å². The average Bonchev–Trinajstić information content (AvgIpc) is 3.05. The molecule has 2 aromatic heterocycles. The van der Waals surface area contributed by atoms with Crippen molar-refractivity contribution in [1.29, 1.82) is 0 Å². The maximum Gasteiger partial charge on any atom is 0.332 e. The van der Waals surface area contributed by atoms with Crippen LogP contribution < -0.4 is 16.6 Å². The zero-order valence-electron chi connectivity index (χ0n) is 18.2. The number of nitrogens with zero attached hydrogens (tertiary/aromatic N) is 4. The molecule has 0 atom stereocenters. The van der Waals surface area contributed by atoms with Gasteiger partial charge in [-0.2, -0.15) is 0 Å². The quantitative estimate of drug-likeness (QED) is 0.549. The van der Waals surface area contributed by atoms with Crippen LogP contribution in [-0.2, 0) is 25.4 Å². The fourth-order valence-electron chi connectivity index (χ4n) is 3.60. The number of unbranched alkanes of at least 4 members (excludes halogenated alkanes) is 7. The molecular formula is C21H35N5O3. The third-order valence-corrected chi connectivity index (χ3v) is 5.19. The molecule has 0 radical (unpaired) electrons. The lowest BCUT2D eigenvalue weighted by Gasteiger charge is -2.09. The van der Waals surface area contributed by atoms with E-state index in [1.807, 2.05) is 13.8 Å². The first-order valence-electron chi connectivity index (χ1n) is 10.7. The van der Waals surface area contributed by atoms with E-state index in [9.17, 15) is 14.4 Å². The van der Waals surface area contributed by atoms with Crippen molar-refractivity contribution in [2.45, 2.75) is 84.2 Å². The maximum absolute atomic E-state index is 12.6. The number of carbonyl (C=O) groups excluding carboxylic acids is 1. The molecule has 0 aliphatic carbocycles. The molecule has 162 valence electrons. The molecule has 0 aliphatic heterocycles. The Hall–Kier alpha value is -2.38. The molecule has 2 rings (SSSR count). The molecule has 0 aliphatic rings. The molecule has 0 aromatic carbocycles. The summed E-state index contributed by atoms with van der Waals surface area (Å²) in [5.41, 5.74) is 0.335. The van der Waals surface area contributed by atoms with E-state index in [2.05, 4.69) is 10.3 Å². The number of aryl methyl sites for hydroxylation is 2. The van der Waals surface area contributed by atoms with Crippen LogP contribution in [0.5, 0.6) is 0 Å². The van der Waals surface area contributed by atoms with Crippen molar-refractivity contribution in [2.75, 3.05) is 0 Å². The van der Waals surface area contributed by atoms with E-state index in [0.717, 1.165) is 51.4 Å². The molecular weight excluding hydrogens is 370 g/mol. The van der Waals surface area contributed by atoms with Gasteiger partial charge in [-0.3, -0.25) is 18.7 Å². The summed E-state index contributed by atoms with van der Waals surface area (Å²) in [7, 11) is 3.42. The number of fused-ring (bicyclic) bond motifs is 1. The van der Waals surface area contributed by atoms with Gasteiger partial charge in [0.1, 0.15) is 0 Å². The van der Waals surface area contributed by atoms with Gasteiger partial charge in [0.25, 0.3) is 5.56 Å². The van der Waals surface area contributed by atoms with Crippen LogP contribution in [0.25, 0.3) is 11.2 Å². The minimum absolute atomic E-state index is 0.144. The summed E-state index contributed by atoms with van der Waals surface area (Å²) in [6, 6.07) is 0.213. The van der Waals surface area contributed by atoms with E-state index < -0.39 is 0 Å². The second-order valence-electron chi connectivity index (χ2n) is 8.13. The largest absolute Gasteiger partial charge is 0.354 e. The van der Waals surface area contributed by atoms with E-state index in [1.165, 1.54) is 9.13 Å². The summed E-state index contributed by atoms with van der Waals surface area (Å²) < 4.78 is 4.43. The Balaban J connectivity index is 1.65. The van der Waals surface area contributed by atoms with Crippen molar-refractivity contribution >= 4 is 17.1 Å². The van der Waals surface area contributed by atoms with Crippen LogP contribution in [0.1, 0.15) is 71.6 Å². The molecule has 0 saturated heterocycles. The molecule has 8 heteroatoms. The normalized spacial score (nSPS) is 11.5. The highest BCUT2D eigenvalue weighted by molar-refractivity contribution is 5.76. The van der Waals surface area contributed by atoms with E-state index in [-0.39, 0.29) is 23.2 Å². The maximum atomic E-state index is 12.6. The van der Waals surface area contributed by atoms with Crippen molar-refractivity contribution in [1.82, 2.24) is 24.0 Å². The third-order valence-electron chi connectivity index (χ3n) is 5.19. The Labute approximate surface area is 171 Å². The first-order chi connectivity index (χ1) is 13.8. The van der Waals surface area contributed by atoms with Gasteiger partial charge in [-0.1, -0.05) is 38.5 Å². The van der Waals surface area contributed by atoms with Crippen LogP contribution in [0.15, 0.2) is 15.9 Å². The van der Waals surface area contributed by atoms with Crippen LogP contribution in [0, 0.1) is 0 Å². The molecule has 0 unspecified atom stereocenters. The number of aromatic nitrogens is 4. The van der Waals surface area contributed by atoms with Gasteiger partial charge < -0.3 is 9.88 Å². The first kappa shape index (κ1) is 22.9. The van der Waals surface area contributed by atoms with Gasteiger partial charge in [-0.15, -0.1) is 0 Å². The van der Waals surface area contributed by atoms with E-state index in [0.29, 0.717) is 24.1 Å². The molecule has 2 heterocycles. The second-order valence-corrected chi connectivity index (χ2v) is 8.13. The van der Waals surface area contributed by atoms with Crippen molar-refractivity contribution in [3.05, 3.63) is 27.2 Å². The van der Waals surface area contributed by atoms with Gasteiger partial charge in [0.2, 0.25) is 5.91 Å². The standard InChI is InChI=1S/C21H35N5O3/c1-16(2)23-17(27)13-11-9-7-5-6-8-10-12-14-26-20(28)18-19(22-15-24(18)3)25(4)21(26)29/h15-16H,5-14H2,1-4H3,(H,23,27). The highest BCUT2D eigenvalue weighted by Crippen LogP contribution is 2.10. The minimum atomic E-state index is -0.303. The SMILES string of the molecule is CC(C)NC(=O)CCCCCCCCCCn1c(=O)c2c(ncn2C)n(C)c1=O. The summed E-state index contributed by atoms with van der Waals surface area (Å²) in [6.07, 6.45) is 10.6. The number of nitrogens with one attached hydrogen (secondary N) is 1. The van der Waals surface area contributed by atoms with Crippen molar-refractivity contribution in [2.24, 2.45) is 14.1 Å². The zero-order chi connectivity index (χ0) is 21.4. The first-order valence-corrected chi connectivity index (χ1v) is 10.7. The molecule has 0 saturated carbocycles. The van der Waals surface area contributed by atoms with Crippen molar-refractivity contribution in [3.8, 4) is 0 Å². The Bertz CT molecular complexity index is 923. The molecule has 29 heavy (non-hydrogen) atoms. The molecule has 0 fully saturated rings. The number of imidazole rings is 1. The second kappa shape index (κ2) is 11.0. The Kier molecular flexibility index (Phi) is 8.67. The summed E-state index contributed by atoms with van der Waals surface area (Å²) in [5, 5.41) is 2.91. The van der Waals surface area contributed by atoms with Crippen LogP contribution >= 0.6 is 0 Å². The number of amides is 1. The highest BCUT2D eigenvalue weighted by atomic mass is 16.2. The summed E-state index contributed by atoms with van der Waals surface area (Å²) >= 11 is 0. The lowest BCUT2D eigenvalue weighted by molar-refractivity contribution is -0.121. The predicted octanol–water partition coefficient (Wildman–Crippen LogP) is 2.47. The van der Waals surface area contributed by atoms with Crippen LogP contribution in [0.2, 0.25) is 0 Å². The lowest BCUT2D eigenvalue weighted by Crippen LogP contribution is -2.39. The lowest BCUT2D eigenvalue weighted by atomic mass is 10.1. The number of hydrogen-bond acceptors (Lipinski definition) is 4. The molecule has 8 nitrogen and oxygen atoms in total. The van der Waals surface area contributed by atoms with Crippen LogP contribution in [-0.4, -0.2) is 30.6 Å². The van der Waals surface area contributed by atoms with Gasteiger partial charge in [-0.25, -0.2) is 9.78 Å². The monoisotopic (exact) mass is 405 g/mol. The zero-order valence-corrected chi connectivity index (χ0v) is 18.2. The number of rotatable bonds is 12. The summed E-state index contributed by atoms with van der Waals surface area (Å²) in [6.45, 7) is 4.39. The topological polar surface area (TPSA) is 90.9 Å². The van der Waals surface area contributed by atoms with Crippen LogP contribution in [0.4, 0.5) is 0 Å². The molecule has 1 N–H and O–H groups in total. The smallest absolute Gasteiger partial charge is 0.332 e. The molecule has 2 aromatic rings. The molecule has 1 amide bonds. The summed E-state index contributed by atoms with van der Waals surface area (Å²) in [4.78, 5) is 40.8. The Morgan fingerprint density at radius 1 is 1.00 bits per heavy atom. The highest BCUT2D eigenvalue weighted by Gasteiger charge is 2.14. The van der Waals surface area contributed by atoms with Gasteiger partial charge in [-0.05, 0) is 26.7 Å². The van der Waals surface area contributed by atoms with Crippen LogP contribution in [0.3, 0.4) is 0 Å². The molecule has 0 bridgehead atoms. The summed E-state index contributed by atoms with van der Waals surface area (Å²) in [5.74, 6) is 0.144. The number of carbonyl (C=O) groups is 1. The number of hydrogen-bond donors (Lipinski definition) is 1. The fourth-order valence-corrected chi connectivity index (χ4v) is 3.60. The Morgan fingerprint density at radius 2 is 1.59 bits per heavy atom. The fraction of sp³-hybridized carbons (Fsp3) is 0.714. The van der Waals surface area contributed by atoms with Gasteiger partial charge in [0, 0.05) is 33.1 Å². The van der Waals surface area contributed by atoms with Gasteiger partial charge >= 0.3 is 5.69 Å². The average molecular weight is 406 g/mol. The van der Waals surface area contributed by atoms with E-state index in [4.69, 9.17) is 0 Å². The van der Waals surface area contributed by atoms with Gasteiger partial charge in [0.05, 0.1) is 6.33 Å². The minimum Gasteiger partial charge on any atom is -0.354 e. The Morgan fingerprint density at radius 3 is 2.21 bits per heavy atom. The van der Waals surface area contributed by atoms with Gasteiger partial charge in [0.15, 0.2) is 11.2 Å².